The van der Waals surface area contributed by atoms with Crippen LogP contribution in [0.3, 0.4) is 0 Å². The van der Waals surface area contributed by atoms with Crippen LogP contribution in [0.25, 0.3) is 0 Å². The lowest BCUT2D eigenvalue weighted by atomic mass is 9.86. The number of hydrogen-bond acceptors (Lipinski definition) is 12. The fraction of sp³-hybridized carbons (Fsp3) is 0.804. The fourth-order valence-electron chi connectivity index (χ4n) is 6.23. The summed E-state index contributed by atoms with van der Waals surface area (Å²) in [6, 6.07) is -2.34. The van der Waals surface area contributed by atoms with E-state index >= 15 is 0 Å². The van der Waals surface area contributed by atoms with Gasteiger partial charge in [-0.1, -0.05) is 102 Å². The number of methoxy groups -OCH3 is 2. The predicted octanol–water partition coefficient (Wildman–Crippen LogP) is 5.73. The highest BCUT2D eigenvalue weighted by Crippen LogP contribution is 2.22. The number of hydrogen-bond donors (Lipinski definition) is 6. The van der Waals surface area contributed by atoms with Gasteiger partial charge in [0.25, 0.3) is 0 Å². The number of esters is 2. The zero-order chi connectivity index (χ0) is 50.3. The van der Waals surface area contributed by atoms with Gasteiger partial charge in [0.05, 0.1) is 38.1 Å². The number of carboxylic acids is 2. The number of ether oxygens (including phenoxy) is 2. The summed E-state index contributed by atoms with van der Waals surface area (Å²) in [5.74, 6) is -3.86. The van der Waals surface area contributed by atoms with E-state index < -0.39 is 47.9 Å². The smallest absolute Gasteiger partial charge is 0.326 e. The molecule has 0 aliphatic heterocycles. The number of carbonyl (C=O) groups is 9. The summed E-state index contributed by atoms with van der Waals surface area (Å²) >= 11 is 0. The number of amides is 3. The number of carboxylic acid groups (broad SMARTS) is 2. The molecule has 0 heterocycles. The predicted molar refractivity (Wildman–Crippen MR) is 243 cm³/mol. The van der Waals surface area contributed by atoms with Gasteiger partial charge in [0.15, 0.2) is 11.6 Å². The monoisotopic (exact) mass is 903 g/mol. The van der Waals surface area contributed by atoms with Crippen molar-refractivity contribution in [3.8, 4) is 0 Å². The Morgan fingerprint density at radius 2 is 0.778 bits per heavy atom. The van der Waals surface area contributed by atoms with Crippen LogP contribution in [0.4, 0.5) is 0 Å². The van der Waals surface area contributed by atoms with Gasteiger partial charge in [-0.15, -0.1) is 0 Å². The van der Waals surface area contributed by atoms with Crippen LogP contribution in [0.2, 0.25) is 0 Å². The molecule has 0 fully saturated rings. The Morgan fingerprint density at radius 3 is 1.05 bits per heavy atom. The van der Waals surface area contributed by atoms with Gasteiger partial charge >= 0.3 is 23.9 Å². The molecule has 3 amide bonds. The van der Waals surface area contributed by atoms with Crippen molar-refractivity contribution < 1.29 is 62.8 Å². The van der Waals surface area contributed by atoms with Crippen LogP contribution in [0.5, 0.6) is 0 Å². The summed E-state index contributed by atoms with van der Waals surface area (Å²) in [5, 5.41) is 25.6. The van der Waals surface area contributed by atoms with E-state index in [1.54, 1.807) is 6.92 Å². The molecule has 9 atom stereocenters. The first-order valence-electron chi connectivity index (χ1n) is 22.2. The molecule has 0 saturated carbocycles. The summed E-state index contributed by atoms with van der Waals surface area (Å²) in [4.78, 5) is 102. The average molecular weight is 903 g/mol. The molecule has 0 rings (SSSR count). The minimum absolute atomic E-state index is 0.0000973. The molecule has 17 heteroatoms. The van der Waals surface area contributed by atoms with Gasteiger partial charge in [-0.2, -0.15) is 0 Å². The van der Waals surface area contributed by atoms with Gasteiger partial charge in [-0.05, 0) is 54.8 Å². The van der Waals surface area contributed by atoms with E-state index in [4.69, 9.17) is 15.6 Å². The van der Waals surface area contributed by atoms with Gasteiger partial charge in [-0.25, -0.2) is 4.79 Å². The topological polar surface area (TPSA) is 275 Å². The minimum Gasteiger partial charge on any atom is -0.481 e. The Morgan fingerprint density at radius 1 is 0.476 bits per heavy atom. The summed E-state index contributed by atoms with van der Waals surface area (Å²) in [5.41, 5.74) is 5.45. The van der Waals surface area contributed by atoms with E-state index in [-0.39, 0.29) is 77.7 Å². The molecule has 0 saturated heterocycles. The van der Waals surface area contributed by atoms with E-state index in [0.29, 0.717) is 31.1 Å². The fourth-order valence-corrected chi connectivity index (χ4v) is 6.23. The molecular weight excluding hydrogens is 817 g/mol. The van der Waals surface area contributed by atoms with Crippen molar-refractivity contribution in [2.75, 3.05) is 14.2 Å². The van der Waals surface area contributed by atoms with E-state index in [0.717, 1.165) is 19.3 Å². The SMILES string of the molecule is CC[C@H](C)[C@H](NC(C)=O)C(=O)C[C@@H](CC(C)C)C(=O)O.CC[C@H](C)[C@H](NC(C)=O)C(=O)C[C@@H](CC(C)C)C(=O)OC.CC[C@H](C)[C@H](NC(C)=O)C(=O)O.COC(=O)[C@@H](N)CC(C)C. The van der Waals surface area contributed by atoms with Crippen LogP contribution in [-0.2, 0) is 52.6 Å². The van der Waals surface area contributed by atoms with E-state index in [2.05, 4.69) is 20.7 Å². The molecule has 0 aliphatic carbocycles. The molecular formula is C46H86N4O13. The van der Waals surface area contributed by atoms with Crippen molar-refractivity contribution in [1.29, 1.82) is 0 Å². The third-order valence-corrected chi connectivity index (χ3v) is 10.2. The molecule has 0 aromatic rings. The molecule has 7 N–H and O–H groups in total. The molecule has 0 radical (unpaired) electrons. The molecule has 0 spiro atoms. The Bertz CT molecular complexity index is 1400. The highest BCUT2D eigenvalue weighted by Gasteiger charge is 2.32. The maximum absolute atomic E-state index is 12.5. The summed E-state index contributed by atoms with van der Waals surface area (Å²) < 4.78 is 9.23. The normalized spacial score (nSPS) is 14.9. The van der Waals surface area contributed by atoms with Crippen molar-refractivity contribution in [2.24, 2.45) is 53.1 Å². The van der Waals surface area contributed by atoms with Crippen LogP contribution < -0.4 is 21.7 Å². The van der Waals surface area contributed by atoms with E-state index in [1.165, 1.54) is 35.0 Å². The maximum Gasteiger partial charge on any atom is 0.326 e. The summed E-state index contributed by atoms with van der Waals surface area (Å²) in [6.45, 7) is 27.4. The zero-order valence-corrected chi connectivity index (χ0v) is 41.5. The Kier molecular flexibility index (Phi) is 37.2. The lowest BCUT2D eigenvalue weighted by Gasteiger charge is -2.24. The quantitative estimate of drug-likeness (QED) is 0.0598. The van der Waals surface area contributed by atoms with Crippen molar-refractivity contribution >= 4 is 53.2 Å². The van der Waals surface area contributed by atoms with Crippen LogP contribution >= 0.6 is 0 Å². The molecule has 17 nitrogen and oxygen atoms in total. The van der Waals surface area contributed by atoms with Crippen molar-refractivity contribution in [3.05, 3.63) is 0 Å². The first-order chi connectivity index (χ1) is 29.0. The second kappa shape index (κ2) is 36.0. The van der Waals surface area contributed by atoms with Crippen LogP contribution in [0, 0.1) is 47.3 Å². The largest absolute Gasteiger partial charge is 0.481 e. The third-order valence-electron chi connectivity index (χ3n) is 10.2. The maximum atomic E-state index is 12.5. The first-order valence-corrected chi connectivity index (χ1v) is 22.2. The molecule has 368 valence electrons. The first kappa shape index (κ1) is 65.2. The van der Waals surface area contributed by atoms with Crippen molar-refractivity contribution in [1.82, 2.24) is 16.0 Å². The number of nitrogens with one attached hydrogen (secondary N) is 3. The number of ketones is 2. The molecule has 0 aromatic carbocycles. The number of nitrogens with two attached hydrogens (primary N) is 1. The number of carbonyl (C=O) groups excluding carboxylic acids is 7. The van der Waals surface area contributed by atoms with Gasteiger partial charge in [-0.3, -0.25) is 38.4 Å². The van der Waals surface area contributed by atoms with Gasteiger partial charge in [0.2, 0.25) is 17.7 Å². The summed E-state index contributed by atoms with van der Waals surface area (Å²) in [7, 11) is 2.68. The number of rotatable bonds is 25. The Hall–Kier alpha value is -4.41. The molecule has 63 heavy (non-hydrogen) atoms. The minimum atomic E-state index is -0.973. The van der Waals surface area contributed by atoms with Gasteiger partial charge in [0, 0.05) is 33.6 Å². The van der Waals surface area contributed by atoms with Crippen LogP contribution in [-0.4, -0.2) is 102 Å². The van der Waals surface area contributed by atoms with Gasteiger partial charge < -0.3 is 41.4 Å². The van der Waals surface area contributed by atoms with E-state index in [9.17, 15) is 48.3 Å². The number of aliphatic carboxylic acids is 2. The molecule has 0 bridgehead atoms. The molecule has 0 aliphatic rings. The van der Waals surface area contributed by atoms with Gasteiger partial charge in [0.1, 0.15) is 12.1 Å². The Balaban J connectivity index is -0.000000385. The average Bonchev–Trinajstić information content (AvgIpc) is 3.18. The van der Waals surface area contributed by atoms with Crippen molar-refractivity contribution in [3.63, 3.8) is 0 Å². The zero-order valence-electron chi connectivity index (χ0n) is 41.5. The highest BCUT2D eigenvalue weighted by molar-refractivity contribution is 5.92. The molecule has 0 aromatic heterocycles. The van der Waals surface area contributed by atoms with Crippen LogP contribution in [0.1, 0.15) is 155 Å². The Labute approximate surface area is 377 Å². The van der Waals surface area contributed by atoms with E-state index in [1.807, 2.05) is 76.2 Å². The third kappa shape index (κ3) is 32.9. The molecule has 0 unspecified atom stereocenters. The lowest BCUT2D eigenvalue weighted by Crippen LogP contribution is -2.45. The van der Waals surface area contributed by atoms with Crippen molar-refractivity contribution in [2.45, 2.75) is 179 Å². The second-order valence-electron chi connectivity index (χ2n) is 17.6. The standard InChI is InChI=1S/C16H29NO4.C15H27NO4.C8H15NO3.C7H15NO2/c1-7-11(4)15(17-12(5)18)14(19)9-13(8-10(2)3)16(20)21-6;1-6-10(4)14(16-11(5)17)13(18)8-12(15(19)20)7-9(2)3;1-4-5(2)7(8(11)12)9-6(3)10;1-5(2)4-6(8)7(9)10-3/h10-11,13,15H,7-9H2,1-6H3,(H,17,18);9-10,12,14H,6-8H2,1-5H3,(H,16,17)(H,19,20);5,7H,4H2,1-3H3,(H,9,10)(H,11,12);5-6H,4,8H2,1-3H3/t11-,13+,15-;10-,12+,14-;5-,7-;6-/m0000/s1. The summed E-state index contributed by atoms with van der Waals surface area (Å²) in [6.07, 6.45) is 4.11. The lowest BCUT2D eigenvalue weighted by molar-refractivity contribution is -0.148. The number of Topliss-reactive ketones (excluding diaryl/α,β-unsaturated/α-hetero) is 2. The highest BCUT2D eigenvalue weighted by atomic mass is 16.5. The van der Waals surface area contributed by atoms with Crippen LogP contribution in [0.15, 0.2) is 0 Å². The second-order valence-corrected chi connectivity index (χ2v) is 17.6.